The fourth-order valence-electron chi connectivity index (χ4n) is 2.79. The van der Waals surface area contributed by atoms with Crippen molar-refractivity contribution in [1.29, 1.82) is 0 Å². The summed E-state index contributed by atoms with van der Waals surface area (Å²) in [5.74, 6) is -0.820. The minimum atomic E-state index is -0.463. The second-order valence-electron chi connectivity index (χ2n) is 6.00. The van der Waals surface area contributed by atoms with Crippen LogP contribution in [-0.4, -0.2) is 36.9 Å². The van der Waals surface area contributed by atoms with Crippen LogP contribution in [0.4, 0.5) is 0 Å². The lowest BCUT2D eigenvalue weighted by Crippen LogP contribution is -2.32. The summed E-state index contributed by atoms with van der Waals surface area (Å²) in [6, 6.07) is 17.6. The summed E-state index contributed by atoms with van der Waals surface area (Å²) in [5, 5.41) is 0. The third-order valence-corrected chi connectivity index (χ3v) is 4.04. The van der Waals surface area contributed by atoms with Gasteiger partial charge in [0.15, 0.2) is 0 Å². The molecular formula is C20H20O5. The van der Waals surface area contributed by atoms with Crippen LogP contribution in [0.25, 0.3) is 0 Å². The van der Waals surface area contributed by atoms with Crippen molar-refractivity contribution < 1.29 is 23.8 Å². The molecule has 0 spiro atoms. The molecule has 3 atom stereocenters. The first kappa shape index (κ1) is 17.2. The standard InChI is InChI=1S/C20H20O5/c1-14-12-17(25-20(22)16-10-6-3-7-11-16)18(24-14)13-23-19(21)15-8-4-2-5-9-15/h2-11,14,17-18H,12-13H2,1H3/t14?,17-,18+/m1/s1. The minimum absolute atomic E-state index is 0.0464. The monoisotopic (exact) mass is 340 g/mol. The summed E-state index contributed by atoms with van der Waals surface area (Å²) in [6.07, 6.45) is -0.387. The van der Waals surface area contributed by atoms with Crippen LogP contribution in [-0.2, 0) is 14.2 Å². The molecule has 5 heteroatoms. The number of benzene rings is 2. The molecule has 0 aliphatic carbocycles. The smallest absolute Gasteiger partial charge is 0.338 e. The molecule has 1 fully saturated rings. The van der Waals surface area contributed by atoms with Crippen LogP contribution in [0.5, 0.6) is 0 Å². The van der Waals surface area contributed by atoms with Crippen molar-refractivity contribution in [3.63, 3.8) is 0 Å². The molecule has 1 unspecified atom stereocenters. The first-order valence-electron chi connectivity index (χ1n) is 8.27. The van der Waals surface area contributed by atoms with Gasteiger partial charge in [-0.1, -0.05) is 36.4 Å². The molecule has 0 amide bonds. The summed E-state index contributed by atoms with van der Waals surface area (Å²) in [6.45, 7) is 1.95. The topological polar surface area (TPSA) is 61.8 Å². The molecule has 1 aliphatic rings. The number of esters is 2. The van der Waals surface area contributed by atoms with E-state index in [1.165, 1.54) is 0 Å². The maximum absolute atomic E-state index is 12.2. The molecule has 0 radical (unpaired) electrons. The second kappa shape index (κ2) is 7.94. The Morgan fingerprint density at radius 3 is 2.12 bits per heavy atom. The van der Waals surface area contributed by atoms with Crippen LogP contribution in [0.1, 0.15) is 34.1 Å². The molecule has 130 valence electrons. The average Bonchev–Trinajstić information content (AvgIpc) is 3.00. The van der Waals surface area contributed by atoms with E-state index in [9.17, 15) is 9.59 Å². The predicted molar refractivity (Wildman–Crippen MR) is 91.3 cm³/mol. The van der Waals surface area contributed by atoms with Gasteiger partial charge in [-0.05, 0) is 31.2 Å². The number of ether oxygens (including phenoxy) is 3. The Hall–Kier alpha value is -2.66. The van der Waals surface area contributed by atoms with E-state index < -0.39 is 24.1 Å². The zero-order chi connectivity index (χ0) is 17.6. The van der Waals surface area contributed by atoms with Crippen LogP contribution in [0, 0.1) is 0 Å². The molecule has 2 aromatic rings. The van der Waals surface area contributed by atoms with E-state index >= 15 is 0 Å². The molecule has 0 bridgehead atoms. The van der Waals surface area contributed by atoms with Crippen molar-refractivity contribution in [1.82, 2.24) is 0 Å². The summed E-state index contributed by atoms with van der Waals surface area (Å²) in [4.78, 5) is 24.3. The van der Waals surface area contributed by atoms with Gasteiger partial charge in [0.25, 0.3) is 0 Å². The lowest BCUT2D eigenvalue weighted by atomic mass is 10.1. The van der Waals surface area contributed by atoms with Crippen LogP contribution in [0.2, 0.25) is 0 Å². The van der Waals surface area contributed by atoms with Crippen molar-refractivity contribution >= 4 is 11.9 Å². The molecule has 1 saturated heterocycles. The van der Waals surface area contributed by atoms with Crippen LogP contribution < -0.4 is 0 Å². The highest BCUT2D eigenvalue weighted by Crippen LogP contribution is 2.24. The average molecular weight is 340 g/mol. The van der Waals surface area contributed by atoms with E-state index in [1.54, 1.807) is 48.5 Å². The Morgan fingerprint density at radius 1 is 0.960 bits per heavy atom. The lowest BCUT2D eigenvalue weighted by molar-refractivity contribution is -0.0394. The van der Waals surface area contributed by atoms with Gasteiger partial charge in [0, 0.05) is 6.42 Å². The van der Waals surface area contributed by atoms with Gasteiger partial charge in [-0.15, -0.1) is 0 Å². The lowest BCUT2D eigenvalue weighted by Gasteiger charge is -2.19. The van der Waals surface area contributed by atoms with E-state index in [-0.39, 0.29) is 12.7 Å². The minimum Gasteiger partial charge on any atom is -0.459 e. The van der Waals surface area contributed by atoms with Crippen LogP contribution >= 0.6 is 0 Å². The van der Waals surface area contributed by atoms with Gasteiger partial charge in [0.1, 0.15) is 18.8 Å². The first-order valence-corrected chi connectivity index (χ1v) is 8.27. The highest BCUT2D eigenvalue weighted by atomic mass is 16.6. The zero-order valence-electron chi connectivity index (χ0n) is 14.0. The largest absolute Gasteiger partial charge is 0.459 e. The van der Waals surface area contributed by atoms with Gasteiger partial charge < -0.3 is 14.2 Å². The normalized spacial score (nSPS) is 22.4. The molecule has 0 aromatic heterocycles. The SMILES string of the molecule is CC1C[C@@H](OC(=O)c2ccccc2)[C@H](COC(=O)c2ccccc2)O1. The molecular weight excluding hydrogens is 320 g/mol. The van der Waals surface area contributed by atoms with Crippen molar-refractivity contribution in [3.8, 4) is 0 Å². The van der Waals surface area contributed by atoms with Gasteiger partial charge in [0.05, 0.1) is 17.2 Å². The van der Waals surface area contributed by atoms with E-state index in [0.717, 1.165) is 0 Å². The van der Waals surface area contributed by atoms with Crippen molar-refractivity contribution in [2.24, 2.45) is 0 Å². The molecule has 5 nitrogen and oxygen atoms in total. The van der Waals surface area contributed by atoms with E-state index in [1.807, 2.05) is 19.1 Å². The molecule has 2 aromatic carbocycles. The summed E-state index contributed by atoms with van der Waals surface area (Å²) >= 11 is 0. The van der Waals surface area contributed by atoms with Crippen LogP contribution in [0.15, 0.2) is 60.7 Å². The quantitative estimate of drug-likeness (QED) is 0.782. The predicted octanol–water partition coefficient (Wildman–Crippen LogP) is 3.25. The second-order valence-corrected chi connectivity index (χ2v) is 6.00. The Kier molecular flexibility index (Phi) is 5.46. The summed E-state index contributed by atoms with van der Waals surface area (Å²) < 4.78 is 16.6. The highest BCUT2D eigenvalue weighted by molar-refractivity contribution is 5.90. The van der Waals surface area contributed by atoms with E-state index in [0.29, 0.717) is 17.5 Å². The molecule has 0 N–H and O–H groups in total. The number of hydrogen-bond acceptors (Lipinski definition) is 5. The number of carbonyl (C=O) groups excluding carboxylic acids is 2. The Morgan fingerprint density at radius 2 is 1.52 bits per heavy atom. The molecule has 0 saturated carbocycles. The van der Waals surface area contributed by atoms with Gasteiger partial charge in [0.2, 0.25) is 0 Å². The number of rotatable bonds is 5. The van der Waals surface area contributed by atoms with Crippen LogP contribution in [0.3, 0.4) is 0 Å². The molecule has 1 aliphatic heterocycles. The maximum Gasteiger partial charge on any atom is 0.338 e. The van der Waals surface area contributed by atoms with Crippen molar-refractivity contribution in [3.05, 3.63) is 71.8 Å². The van der Waals surface area contributed by atoms with Crippen molar-refractivity contribution in [2.75, 3.05) is 6.61 Å². The molecule has 25 heavy (non-hydrogen) atoms. The third-order valence-electron chi connectivity index (χ3n) is 4.04. The van der Waals surface area contributed by atoms with Gasteiger partial charge in [-0.3, -0.25) is 0 Å². The summed E-state index contributed by atoms with van der Waals surface area (Å²) in [7, 11) is 0. The number of hydrogen-bond donors (Lipinski definition) is 0. The Balaban J connectivity index is 1.58. The fourth-order valence-corrected chi connectivity index (χ4v) is 2.79. The summed E-state index contributed by atoms with van der Waals surface area (Å²) in [5.41, 5.74) is 0.966. The Bertz CT molecular complexity index is 713. The first-order chi connectivity index (χ1) is 12.1. The Labute approximate surface area is 146 Å². The molecule has 3 rings (SSSR count). The number of carbonyl (C=O) groups is 2. The van der Waals surface area contributed by atoms with E-state index in [4.69, 9.17) is 14.2 Å². The van der Waals surface area contributed by atoms with Crippen molar-refractivity contribution in [2.45, 2.75) is 31.7 Å². The van der Waals surface area contributed by atoms with E-state index in [2.05, 4.69) is 0 Å². The van der Waals surface area contributed by atoms with Gasteiger partial charge >= 0.3 is 11.9 Å². The third kappa shape index (κ3) is 4.45. The highest BCUT2D eigenvalue weighted by Gasteiger charge is 2.37. The maximum atomic E-state index is 12.2. The fraction of sp³-hybridized carbons (Fsp3) is 0.300. The van der Waals surface area contributed by atoms with Gasteiger partial charge in [-0.25, -0.2) is 9.59 Å². The zero-order valence-corrected chi connectivity index (χ0v) is 14.0. The molecule has 1 heterocycles. The van der Waals surface area contributed by atoms with Gasteiger partial charge in [-0.2, -0.15) is 0 Å².